The lowest BCUT2D eigenvalue weighted by Crippen LogP contribution is -2.60. The quantitative estimate of drug-likeness (QED) is 0.0460. The number of aliphatic hydroxyl groups is 6. The van der Waals surface area contributed by atoms with Crippen LogP contribution in [0.3, 0.4) is 0 Å². The van der Waals surface area contributed by atoms with Crippen molar-refractivity contribution in [2.45, 2.75) is 74.3 Å². The number of methoxy groups -OCH3 is 2. The molecule has 0 bridgehead atoms. The predicted molar refractivity (Wildman–Crippen MR) is 184 cm³/mol. The van der Waals surface area contributed by atoms with E-state index in [1.54, 1.807) is 0 Å². The van der Waals surface area contributed by atoms with Gasteiger partial charge in [-0.2, -0.15) is 0 Å². The highest BCUT2D eigenvalue weighted by molar-refractivity contribution is 5.91. The number of aliphatic hydroxyl groups excluding tert-OH is 6. The van der Waals surface area contributed by atoms with Crippen molar-refractivity contribution in [2.24, 2.45) is 0 Å². The van der Waals surface area contributed by atoms with Gasteiger partial charge in [-0.1, -0.05) is 0 Å². The number of ether oxygens (including phenoxy) is 8. The summed E-state index contributed by atoms with van der Waals surface area (Å²) >= 11 is 0. The average Bonchev–Trinajstić information content (AvgIpc) is 3.16. The Morgan fingerprint density at radius 2 is 1.12 bits per heavy atom. The first-order valence-electron chi connectivity index (χ1n) is 17.0. The molecular formula is C35H39O23+. The molecule has 0 amide bonds. The highest BCUT2D eigenvalue weighted by Crippen LogP contribution is 2.46. The average molecular weight is 828 g/mol. The topological polar surface area (TPSA) is 356 Å². The summed E-state index contributed by atoms with van der Waals surface area (Å²) in [4.78, 5) is 45.2. The highest BCUT2D eigenvalue weighted by atomic mass is 16.7. The first-order valence-corrected chi connectivity index (χ1v) is 17.0. The number of carboxylic acids is 2. The van der Waals surface area contributed by atoms with Gasteiger partial charge in [0.05, 0.1) is 25.8 Å². The van der Waals surface area contributed by atoms with Gasteiger partial charge in [-0.25, -0.2) is 4.42 Å². The smallest absolute Gasteiger partial charge is 0.402 e. The van der Waals surface area contributed by atoms with E-state index in [1.807, 2.05) is 0 Å². The minimum absolute atomic E-state index is 0.0580. The Morgan fingerprint density at radius 3 is 1.59 bits per heavy atom. The van der Waals surface area contributed by atoms with Crippen molar-refractivity contribution in [1.29, 1.82) is 0 Å². The molecule has 2 aromatic carbocycles. The number of carbonyl (C=O) groups excluding carboxylic acids is 2. The fraction of sp³-hybridized carbons (Fsp3) is 0.457. The number of fused-ring (bicyclic) bond motifs is 1. The van der Waals surface area contributed by atoms with E-state index in [4.69, 9.17) is 52.5 Å². The van der Waals surface area contributed by atoms with Crippen LogP contribution >= 0.6 is 0 Å². The number of esters is 2. The van der Waals surface area contributed by atoms with Crippen molar-refractivity contribution < 1.29 is 113 Å². The van der Waals surface area contributed by atoms with Gasteiger partial charge in [-0.15, -0.1) is 0 Å². The van der Waals surface area contributed by atoms with Gasteiger partial charge in [0.15, 0.2) is 11.5 Å². The van der Waals surface area contributed by atoms with E-state index >= 15 is 0 Å². The van der Waals surface area contributed by atoms with Crippen molar-refractivity contribution in [3.05, 3.63) is 30.3 Å². The molecule has 316 valence electrons. The molecule has 2 aliphatic heterocycles. The van der Waals surface area contributed by atoms with E-state index in [0.717, 1.165) is 6.07 Å². The van der Waals surface area contributed by atoms with E-state index in [1.165, 1.54) is 38.5 Å². The van der Waals surface area contributed by atoms with Crippen LogP contribution in [0.4, 0.5) is 0 Å². The highest BCUT2D eigenvalue weighted by Gasteiger charge is 2.48. The Kier molecular flexibility index (Phi) is 13.6. The number of phenolic OH excluding ortho intramolecular Hbond substituents is 2. The van der Waals surface area contributed by atoms with E-state index < -0.39 is 123 Å². The third-order valence-corrected chi connectivity index (χ3v) is 8.79. The summed E-state index contributed by atoms with van der Waals surface area (Å²) in [5.41, 5.74) is -0.125. The van der Waals surface area contributed by atoms with Crippen LogP contribution in [-0.4, -0.2) is 164 Å². The zero-order valence-corrected chi connectivity index (χ0v) is 30.3. The van der Waals surface area contributed by atoms with E-state index in [0.29, 0.717) is 0 Å². The van der Waals surface area contributed by atoms with Crippen LogP contribution in [0, 0.1) is 0 Å². The molecule has 0 unspecified atom stereocenters. The number of rotatable bonds is 15. The first-order chi connectivity index (χ1) is 27.4. The summed E-state index contributed by atoms with van der Waals surface area (Å²) < 4.78 is 49.1. The number of hydrogen-bond acceptors (Lipinski definition) is 20. The molecule has 0 saturated carbocycles. The maximum Gasteiger partial charge on any atom is 0.402 e. The second-order valence-electron chi connectivity index (χ2n) is 12.8. The maximum atomic E-state index is 11.8. The van der Waals surface area contributed by atoms with Crippen LogP contribution in [0.1, 0.15) is 12.8 Å². The SMILES string of the molecule is COc1cc(-c2[o+]c3cc(O[C@@H]4O[C@H](COC(=O)CC(=O)O)[C@@H](O)[C@H](O)[C@H]4O)cc(O)c3cc2O[C@@H]2O[C@H](COC(=O)CC(=O)O)[C@@H](O)[C@H](O)[C@H]2O)cc(OC)c1O. The van der Waals surface area contributed by atoms with Crippen molar-refractivity contribution in [1.82, 2.24) is 0 Å². The summed E-state index contributed by atoms with van der Waals surface area (Å²) in [6.07, 6.45) is -20.2. The summed E-state index contributed by atoms with van der Waals surface area (Å²) in [6.45, 7) is -1.51. The second kappa shape index (κ2) is 18.2. The normalized spacial score (nSPS) is 27.0. The molecule has 0 aliphatic carbocycles. The Morgan fingerprint density at radius 1 is 0.638 bits per heavy atom. The molecule has 10 N–H and O–H groups in total. The molecule has 58 heavy (non-hydrogen) atoms. The molecule has 23 heteroatoms. The van der Waals surface area contributed by atoms with Crippen molar-refractivity contribution in [3.8, 4) is 45.8 Å². The minimum Gasteiger partial charge on any atom is -0.507 e. The molecule has 3 heterocycles. The molecular weight excluding hydrogens is 788 g/mol. The van der Waals surface area contributed by atoms with E-state index in [2.05, 4.69) is 0 Å². The second-order valence-corrected chi connectivity index (χ2v) is 12.8. The van der Waals surface area contributed by atoms with Gasteiger partial charge in [0.25, 0.3) is 0 Å². The monoisotopic (exact) mass is 827 g/mol. The lowest BCUT2D eigenvalue weighted by molar-refractivity contribution is -0.278. The van der Waals surface area contributed by atoms with Crippen LogP contribution in [-0.2, 0) is 38.1 Å². The molecule has 2 fully saturated rings. The Labute approximate surface area is 325 Å². The predicted octanol–water partition coefficient (Wildman–Crippen LogP) is -1.78. The standard InChI is InChI=1S/C35H38O23/c1-50-17-3-12(4-18(51-2)26(17)43)33-19(56-35-32(49)30(47)28(45)21(58-35)11-53-25(42)9-23(39)40)7-14-15(36)5-13(6-16(14)55-33)54-34-31(48)29(46)27(44)20(57-34)10-52-24(41)8-22(37)38/h3-7,20-21,27-32,34-35,44-49H,8-11H2,1-2H3,(H3-,36,37,38,39,40,43)/p+1/t20-,21-,27-,28-,29+,30+,31-,32-,34-,35-/m1/s1. The Bertz CT molecular complexity index is 1980. The van der Waals surface area contributed by atoms with Gasteiger partial charge in [0.1, 0.15) is 91.8 Å². The fourth-order valence-electron chi connectivity index (χ4n) is 5.82. The van der Waals surface area contributed by atoms with E-state index in [-0.39, 0.29) is 45.3 Å². The number of carboxylic acid groups (broad SMARTS) is 2. The van der Waals surface area contributed by atoms with Crippen molar-refractivity contribution in [3.63, 3.8) is 0 Å². The Hall–Kier alpha value is -5.79. The van der Waals surface area contributed by atoms with Crippen LogP contribution in [0.15, 0.2) is 34.7 Å². The Balaban J connectivity index is 1.51. The molecule has 5 rings (SSSR count). The van der Waals surface area contributed by atoms with Crippen molar-refractivity contribution >= 4 is 34.8 Å². The summed E-state index contributed by atoms with van der Waals surface area (Å²) in [7, 11) is 2.47. The molecule has 10 atom stereocenters. The van der Waals surface area contributed by atoms with Gasteiger partial charge < -0.3 is 89.0 Å². The third-order valence-electron chi connectivity index (χ3n) is 8.79. The maximum absolute atomic E-state index is 11.8. The number of benzene rings is 2. The van der Waals surface area contributed by atoms with Gasteiger partial charge in [0, 0.05) is 24.3 Å². The molecule has 2 saturated heterocycles. The summed E-state index contributed by atoms with van der Waals surface area (Å²) in [6, 6.07) is 5.93. The van der Waals surface area contributed by atoms with E-state index in [9.17, 15) is 60.0 Å². The summed E-state index contributed by atoms with van der Waals surface area (Å²) in [5.74, 6) is -7.45. The zero-order chi connectivity index (χ0) is 42.6. The van der Waals surface area contributed by atoms with Gasteiger partial charge in [-0.05, 0) is 0 Å². The summed E-state index contributed by atoms with van der Waals surface area (Å²) in [5, 5.41) is 103. The van der Waals surface area contributed by atoms with Crippen LogP contribution in [0.25, 0.3) is 22.3 Å². The zero-order valence-electron chi connectivity index (χ0n) is 30.3. The van der Waals surface area contributed by atoms with Crippen LogP contribution in [0.2, 0.25) is 0 Å². The molecule has 0 spiro atoms. The third kappa shape index (κ3) is 9.66. The lowest BCUT2D eigenvalue weighted by atomic mass is 9.99. The minimum atomic E-state index is -1.97. The molecule has 0 radical (unpaired) electrons. The number of aliphatic carboxylic acids is 2. The number of carbonyl (C=O) groups is 4. The van der Waals surface area contributed by atoms with Crippen molar-refractivity contribution in [2.75, 3.05) is 27.4 Å². The lowest BCUT2D eigenvalue weighted by Gasteiger charge is -2.39. The van der Waals surface area contributed by atoms with Crippen LogP contribution < -0.4 is 18.9 Å². The van der Waals surface area contributed by atoms with Gasteiger partial charge >= 0.3 is 35.2 Å². The number of hydrogen-bond donors (Lipinski definition) is 10. The largest absolute Gasteiger partial charge is 0.507 e. The first kappa shape index (κ1) is 43.3. The molecule has 23 nitrogen and oxygen atoms in total. The van der Waals surface area contributed by atoms with Gasteiger partial charge in [0.2, 0.25) is 24.1 Å². The molecule has 2 aliphatic rings. The molecule has 3 aromatic rings. The number of aromatic hydroxyl groups is 2. The fourth-order valence-corrected chi connectivity index (χ4v) is 5.82. The van der Waals surface area contributed by atoms with Crippen LogP contribution in [0.5, 0.6) is 34.5 Å². The number of phenols is 2. The molecule has 1 aromatic heterocycles. The van der Waals surface area contributed by atoms with Gasteiger partial charge in [-0.3, -0.25) is 19.2 Å².